The average Bonchev–Trinajstić information content (AvgIpc) is 2.84. The zero-order valence-electron chi connectivity index (χ0n) is 10.5. The molecule has 0 bridgehead atoms. The lowest BCUT2D eigenvalue weighted by Gasteiger charge is -2.42. The van der Waals surface area contributed by atoms with Gasteiger partial charge in [0.2, 0.25) is 5.91 Å². The van der Waals surface area contributed by atoms with E-state index >= 15 is 0 Å². The van der Waals surface area contributed by atoms with Gasteiger partial charge in [0.1, 0.15) is 0 Å². The van der Waals surface area contributed by atoms with Crippen LogP contribution in [-0.4, -0.2) is 42.6 Å². The quantitative estimate of drug-likeness (QED) is 0.804. The number of ether oxygens (including phenoxy) is 1. The molecule has 2 rings (SSSR count). The summed E-state index contributed by atoms with van der Waals surface area (Å²) in [7, 11) is 0. The van der Waals surface area contributed by atoms with Crippen LogP contribution in [0.5, 0.6) is 0 Å². The van der Waals surface area contributed by atoms with Crippen molar-refractivity contribution in [3.8, 4) is 0 Å². The molecule has 0 aromatic rings. The number of urea groups is 1. The largest absolute Gasteiger partial charge is 0.379 e. The highest BCUT2D eigenvalue weighted by molar-refractivity contribution is 6.00. The molecule has 3 amide bonds. The summed E-state index contributed by atoms with van der Waals surface area (Å²) in [6.07, 6.45) is 2.27. The van der Waals surface area contributed by atoms with Gasteiger partial charge in [0.15, 0.2) is 0 Å². The van der Waals surface area contributed by atoms with Crippen molar-refractivity contribution < 1.29 is 14.3 Å². The molecule has 96 valence electrons. The van der Waals surface area contributed by atoms with Crippen LogP contribution >= 0.6 is 0 Å². The lowest BCUT2D eigenvalue weighted by molar-refractivity contribution is -0.143. The van der Waals surface area contributed by atoms with Crippen molar-refractivity contribution >= 4 is 11.9 Å². The molecule has 0 saturated carbocycles. The third-order valence-corrected chi connectivity index (χ3v) is 4.09. The zero-order valence-corrected chi connectivity index (χ0v) is 10.5. The second-order valence-electron chi connectivity index (χ2n) is 4.84. The van der Waals surface area contributed by atoms with E-state index in [1.165, 1.54) is 4.90 Å². The van der Waals surface area contributed by atoms with Crippen molar-refractivity contribution in [1.82, 2.24) is 10.2 Å². The fourth-order valence-corrected chi connectivity index (χ4v) is 2.61. The number of nitrogens with zero attached hydrogens (tertiary/aromatic N) is 1. The van der Waals surface area contributed by atoms with E-state index < -0.39 is 5.41 Å². The Labute approximate surface area is 101 Å². The van der Waals surface area contributed by atoms with Crippen LogP contribution in [0.3, 0.4) is 0 Å². The molecule has 1 N–H and O–H groups in total. The van der Waals surface area contributed by atoms with Crippen LogP contribution in [-0.2, 0) is 9.53 Å². The van der Waals surface area contributed by atoms with E-state index in [9.17, 15) is 9.59 Å². The third-order valence-electron chi connectivity index (χ3n) is 4.09. The van der Waals surface area contributed by atoms with Crippen LogP contribution in [0.4, 0.5) is 4.79 Å². The van der Waals surface area contributed by atoms with Gasteiger partial charge in [0, 0.05) is 13.2 Å². The van der Waals surface area contributed by atoms with Gasteiger partial charge in [-0.3, -0.25) is 9.69 Å². The van der Waals surface area contributed by atoms with Crippen LogP contribution in [0.15, 0.2) is 0 Å². The topological polar surface area (TPSA) is 58.6 Å². The maximum atomic E-state index is 12.5. The molecule has 0 radical (unpaired) electrons. The Kier molecular flexibility index (Phi) is 3.38. The minimum absolute atomic E-state index is 0.0262. The minimum Gasteiger partial charge on any atom is -0.379 e. The van der Waals surface area contributed by atoms with E-state index in [0.717, 1.165) is 19.3 Å². The molecular weight excluding hydrogens is 220 g/mol. The summed E-state index contributed by atoms with van der Waals surface area (Å²) in [4.78, 5) is 25.8. The molecule has 0 aromatic heterocycles. The number of rotatable bonds is 3. The van der Waals surface area contributed by atoms with Gasteiger partial charge in [0.05, 0.1) is 18.1 Å². The van der Waals surface area contributed by atoms with E-state index in [4.69, 9.17) is 4.74 Å². The molecule has 2 heterocycles. The number of amides is 3. The van der Waals surface area contributed by atoms with Crippen LogP contribution < -0.4 is 5.32 Å². The van der Waals surface area contributed by atoms with Gasteiger partial charge in [-0.2, -0.15) is 0 Å². The second kappa shape index (κ2) is 4.64. The van der Waals surface area contributed by atoms with Crippen molar-refractivity contribution in [2.24, 2.45) is 5.41 Å². The highest BCUT2D eigenvalue weighted by Crippen LogP contribution is 2.33. The first kappa shape index (κ1) is 12.4. The summed E-state index contributed by atoms with van der Waals surface area (Å²) in [5.41, 5.74) is -0.420. The highest BCUT2D eigenvalue weighted by atomic mass is 16.5. The standard InChI is InChI=1S/C12H20N2O3/c1-3-12(4-2)8-13-11(16)14(10(12)15)9-5-6-17-7-9/h9H,3-8H2,1-2H3,(H,13,16). The number of hydrogen-bond acceptors (Lipinski definition) is 3. The van der Waals surface area contributed by atoms with Gasteiger partial charge in [0.25, 0.3) is 0 Å². The SMILES string of the molecule is CCC1(CC)CNC(=O)N(C2CCOC2)C1=O. The van der Waals surface area contributed by atoms with E-state index in [1.807, 2.05) is 13.8 Å². The normalized spacial score (nSPS) is 28.4. The van der Waals surface area contributed by atoms with Gasteiger partial charge < -0.3 is 10.1 Å². The van der Waals surface area contributed by atoms with Crippen LogP contribution in [0.1, 0.15) is 33.1 Å². The van der Waals surface area contributed by atoms with Gasteiger partial charge >= 0.3 is 6.03 Å². The Balaban J connectivity index is 2.23. The van der Waals surface area contributed by atoms with Gasteiger partial charge in [-0.25, -0.2) is 4.79 Å². The van der Waals surface area contributed by atoms with E-state index in [0.29, 0.717) is 19.8 Å². The summed E-state index contributed by atoms with van der Waals surface area (Å²) >= 11 is 0. The van der Waals surface area contributed by atoms with Gasteiger partial charge in [-0.15, -0.1) is 0 Å². The first-order valence-electron chi connectivity index (χ1n) is 6.34. The first-order chi connectivity index (χ1) is 8.14. The fourth-order valence-electron chi connectivity index (χ4n) is 2.61. The predicted octanol–water partition coefficient (Wildman–Crippen LogP) is 1.13. The molecule has 5 nitrogen and oxygen atoms in total. The van der Waals surface area contributed by atoms with Crippen LogP contribution in [0, 0.1) is 5.41 Å². The molecule has 2 fully saturated rings. The Morgan fingerprint density at radius 1 is 1.41 bits per heavy atom. The molecule has 0 aromatic carbocycles. The van der Waals surface area contributed by atoms with Gasteiger partial charge in [-0.05, 0) is 19.3 Å². The average molecular weight is 240 g/mol. The van der Waals surface area contributed by atoms with E-state index in [1.54, 1.807) is 0 Å². The number of hydrogen-bond donors (Lipinski definition) is 1. The number of nitrogens with one attached hydrogen (secondary N) is 1. The molecule has 2 saturated heterocycles. The molecule has 2 aliphatic heterocycles. The summed E-state index contributed by atoms with van der Waals surface area (Å²) < 4.78 is 5.27. The summed E-state index contributed by atoms with van der Waals surface area (Å²) in [5, 5.41) is 2.84. The third kappa shape index (κ3) is 1.92. The Hall–Kier alpha value is -1.10. The number of carbonyl (C=O) groups is 2. The zero-order chi connectivity index (χ0) is 12.5. The van der Waals surface area contributed by atoms with E-state index in [-0.39, 0.29) is 18.0 Å². The van der Waals surface area contributed by atoms with Gasteiger partial charge in [-0.1, -0.05) is 13.8 Å². The van der Waals surface area contributed by atoms with Crippen molar-refractivity contribution in [1.29, 1.82) is 0 Å². The number of imide groups is 1. The molecule has 1 unspecified atom stereocenters. The van der Waals surface area contributed by atoms with Crippen molar-refractivity contribution in [2.45, 2.75) is 39.2 Å². The van der Waals surface area contributed by atoms with Crippen LogP contribution in [0.2, 0.25) is 0 Å². The fraction of sp³-hybridized carbons (Fsp3) is 0.833. The molecule has 0 spiro atoms. The molecule has 0 aliphatic carbocycles. The molecule has 17 heavy (non-hydrogen) atoms. The monoisotopic (exact) mass is 240 g/mol. The molecular formula is C12H20N2O3. The highest BCUT2D eigenvalue weighted by Gasteiger charge is 2.47. The summed E-state index contributed by atoms with van der Waals surface area (Å²) in [6, 6.07) is -0.344. The molecule has 5 heteroatoms. The minimum atomic E-state index is -0.420. The Morgan fingerprint density at radius 3 is 2.65 bits per heavy atom. The second-order valence-corrected chi connectivity index (χ2v) is 4.84. The smallest absolute Gasteiger partial charge is 0.324 e. The van der Waals surface area contributed by atoms with Crippen molar-refractivity contribution in [2.75, 3.05) is 19.8 Å². The Bertz CT molecular complexity index is 320. The lowest BCUT2D eigenvalue weighted by Crippen LogP contribution is -2.63. The Morgan fingerprint density at radius 2 is 2.12 bits per heavy atom. The molecule has 2 aliphatic rings. The number of carbonyl (C=O) groups excluding carboxylic acids is 2. The first-order valence-corrected chi connectivity index (χ1v) is 6.34. The predicted molar refractivity (Wildman–Crippen MR) is 62.5 cm³/mol. The summed E-state index contributed by atoms with van der Waals surface area (Å²) in [5.74, 6) is -0.0262. The lowest BCUT2D eigenvalue weighted by atomic mass is 9.79. The van der Waals surface area contributed by atoms with E-state index in [2.05, 4.69) is 5.32 Å². The maximum Gasteiger partial charge on any atom is 0.324 e. The van der Waals surface area contributed by atoms with Crippen molar-refractivity contribution in [3.63, 3.8) is 0 Å². The summed E-state index contributed by atoms with van der Waals surface area (Å²) in [6.45, 7) is 5.57. The maximum absolute atomic E-state index is 12.5. The van der Waals surface area contributed by atoms with Crippen molar-refractivity contribution in [3.05, 3.63) is 0 Å². The molecule has 1 atom stereocenters. The van der Waals surface area contributed by atoms with Crippen LogP contribution in [0.25, 0.3) is 0 Å².